The Morgan fingerprint density at radius 2 is 2.00 bits per heavy atom. The van der Waals surface area contributed by atoms with E-state index in [1.165, 1.54) is 24.1 Å². The topological polar surface area (TPSA) is 26.3 Å². The molecule has 2 atom stereocenters. The average molecular weight is 419 g/mol. The molecule has 1 heterocycles. The second-order valence-electron chi connectivity index (χ2n) is 6.83. The van der Waals surface area contributed by atoms with E-state index in [0.29, 0.717) is 11.4 Å². The Hall–Kier alpha value is -2.00. The van der Waals surface area contributed by atoms with Gasteiger partial charge in [0.05, 0.1) is 16.7 Å². The molecule has 0 saturated heterocycles. The zero-order valence-corrected chi connectivity index (χ0v) is 17.6. The Labute approximate surface area is 174 Å². The maximum absolute atomic E-state index is 14.3. The molecule has 0 spiro atoms. The number of carbonyl (C=O) groups is 1. The second kappa shape index (κ2) is 8.57. The molecule has 0 fully saturated rings. The van der Waals surface area contributed by atoms with Gasteiger partial charge in [0.1, 0.15) is 30.4 Å². The van der Waals surface area contributed by atoms with Gasteiger partial charge in [0.2, 0.25) is 0 Å². The predicted molar refractivity (Wildman–Crippen MR) is 113 cm³/mol. The number of quaternary nitrogens is 1. The monoisotopic (exact) mass is 418 g/mol. The highest BCUT2D eigenvalue weighted by molar-refractivity contribution is 7.99. The van der Waals surface area contributed by atoms with Crippen molar-refractivity contribution in [3.63, 3.8) is 0 Å². The van der Waals surface area contributed by atoms with Crippen molar-refractivity contribution in [2.45, 2.75) is 37.6 Å². The summed E-state index contributed by atoms with van der Waals surface area (Å²) in [4.78, 5) is 14.6. The lowest BCUT2D eigenvalue weighted by atomic mass is 9.98. The van der Waals surface area contributed by atoms with Gasteiger partial charge in [0, 0.05) is 6.07 Å². The fourth-order valence-electron chi connectivity index (χ4n) is 3.43. The molecule has 3 rings (SSSR count). The van der Waals surface area contributed by atoms with Gasteiger partial charge in [-0.15, -0.1) is 11.6 Å². The third kappa shape index (κ3) is 3.65. The molecule has 0 aromatic heterocycles. The van der Waals surface area contributed by atoms with E-state index in [1.54, 1.807) is 6.07 Å². The zero-order chi connectivity index (χ0) is 20.3. The molecule has 2 unspecified atom stereocenters. The Balaban J connectivity index is 2.15. The highest BCUT2D eigenvalue weighted by atomic mass is 35.5. The number of nitrogens with zero attached hydrogens (tertiary/aromatic N) is 1. The second-order valence-corrected chi connectivity index (χ2v) is 8.29. The Kier molecular flexibility index (Phi) is 6.34. The van der Waals surface area contributed by atoms with Crippen molar-refractivity contribution < 1.29 is 13.9 Å². The molecule has 0 bridgehead atoms. The molecule has 146 valence electrons. The fraction of sp³-hybridized carbons (Fsp3) is 0.318. The lowest BCUT2D eigenvalue weighted by Gasteiger charge is -2.41. The first-order valence-corrected chi connectivity index (χ1v) is 10.4. The van der Waals surface area contributed by atoms with Crippen molar-refractivity contribution in [2.24, 2.45) is 0 Å². The van der Waals surface area contributed by atoms with E-state index in [9.17, 15) is 9.18 Å². The lowest BCUT2D eigenvalue weighted by molar-refractivity contribution is -0.128. The minimum Gasteiger partial charge on any atom is -0.475 e. The van der Waals surface area contributed by atoms with Gasteiger partial charge < -0.3 is 4.74 Å². The first kappa shape index (κ1) is 20.7. The van der Waals surface area contributed by atoms with Gasteiger partial charge in [0.15, 0.2) is 11.4 Å². The molecular formula is C22H22ClFNO2S+. The van der Waals surface area contributed by atoms with Gasteiger partial charge in [-0.25, -0.2) is 9.18 Å². The van der Waals surface area contributed by atoms with Crippen LogP contribution in [-0.2, 0) is 4.79 Å². The van der Waals surface area contributed by atoms with Crippen LogP contribution in [0.2, 0.25) is 0 Å². The van der Waals surface area contributed by atoms with Crippen molar-refractivity contribution >= 4 is 35.1 Å². The van der Waals surface area contributed by atoms with Crippen LogP contribution in [0.3, 0.4) is 0 Å². The minimum atomic E-state index is -0.410. The molecule has 1 aliphatic heterocycles. The van der Waals surface area contributed by atoms with Crippen molar-refractivity contribution in [1.82, 2.24) is 3.89 Å². The van der Waals surface area contributed by atoms with Crippen LogP contribution >= 0.6 is 23.5 Å². The van der Waals surface area contributed by atoms with Crippen molar-refractivity contribution in [3.8, 4) is 17.6 Å². The Morgan fingerprint density at radius 1 is 1.25 bits per heavy atom. The average Bonchev–Trinajstić information content (AvgIpc) is 2.69. The van der Waals surface area contributed by atoms with Gasteiger partial charge in [-0.2, -0.15) is 3.89 Å². The number of alkyl halides is 1. The number of fused-ring (bicyclic) bond motifs is 1. The van der Waals surface area contributed by atoms with Crippen LogP contribution in [0.5, 0.6) is 5.75 Å². The molecule has 1 aliphatic rings. The summed E-state index contributed by atoms with van der Waals surface area (Å²) in [6.45, 7) is 5.96. The van der Waals surface area contributed by atoms with Crippen LogP contribution in [0.1, 0.15) is 32.3 Å². The molecule has 0 aliphatic carbocycles. The molecule has 0 saturated carbocycles. The van der Waals surface area contributed by atoms with Gasteiger partial charge in [-0.05, 0) is 44.5 Å². The van der Waals surface area contributed by atoms with Crippen molar-refractivity contribution in [2.75, 3.05) is 12.5 Å². The summed E-state index contributed by atoms with van der Waals surface area (Å²) in [5, 5.41) is 0. The standard InChI is InChI=1S/C22H22ClFNO2S/c1-15(2)25(22(26)16(3)18-8-4-5-9-21(18)28-25)19-14-17(24)10-11-20(19)27-13-7-6-12-23/h4-5,8-11,14-16H,12-13H2,1-3H3/q+1. The van der Waals surface area contributed by atoms with Crippen LogP contribution in [0.15, 0.2) is 47.4 Å². The summed E-state index contributed by atoms with van der Waals surface area (Å²) < 4.78 is 20.0. The number of amides is 1. The first-order chi connectivity index (χ1) is 13.4. The van der Waals surface area contributed by atoms with Gasteiger partial charge in [-0.1, -0.05) is 30.0 Å². The number of ether oxygens (including phenoxy) is 1. The maximum atomic E-state index is 14.3. The summed E-state index contributed by atoms with van der Waals surface area (Å²) in [6.07, 6.45) is 0. The lowest BCUT2D eigenvalue weighted by Crippen LogP contribution is -2.56. The molecular weight excluding hydrogens is 397 g/mol. The van der Waals surface area contributed by atoms with Crippen LogP contribution in [0.4, 0.5) is 10.1 Å². The van der Waals surface area contributed by atoms with Crippen molar-refractivity contribution in [3.05, 3.63) is 53.8 Å². The van der Waals surface area contributed by atoms with E-state index in [1.807, 2.05) is 45.0 Å². The molecule has 2 aromatic rings. The number of carbonyl (C=O) groups excluding carboxylic acids is 1. The summed E-state index contributed by atoms with van der Waals surface area (Å²) in [6, 6.07) is 12.0. The van der Waals surface area contributed by atoms with E-state index < -0.39 is 5.82 Å². The SMILES string of the molecule is CC1C(=O)[N+](c2cc(F)ccc2OCC#CCCl)(C(C)C)Sc2ccccc21. The van der Waals surface area contributed by atoms with Gasteiger partial charge >= 0.3 is 5.91 Å². The normalized spacial score (nSPS) is 21.1. The molecule has 2 aromatic carbocycles. The number of halogens is 2. The zero-order valence-electron chi connectivity index (χ0n) is 16.0. The van der Waals surface area contributed by atoms with Crippen LogP contribution in [0.25, 0.3) is 0 Å². The molecule has 28 heavy (non-hydrogen) atoms. The Morgan fingerprint density at radius 3 is 2.71 bits per heavy atom. The van der Waals surface area contributed by atoms with E-state index in [0.717, 1.165) is 10.5 Å². The fourth-order valence-corrected chi connectivity index (χ4v) is 5.03. The summed E-state index contributed by atoms with van der Waals surface area (Å²) in [5.74, 6) is 5.48. The van der Waals surface area contributed by atoms with Crippen LogP contribution in [0, 0.1) is 17.7 Å². The first-order valence-electron chi connectivity index (χ1n) is 9.08. The third-order valence-corrected chi connectivity index (χ3v) is 6.61. The predicted octanol–water partition coefficient (Wildman–Crippen LogP) is 5.51. The molecule has 3 nitrogen and oxygen atoms in total. The molecule has 1 amide bonds. The Bertz CT molecular complexity index is 953. The highest BCUT2D eigenvalue weighted by Gasteiger charge is 2.53. The van der Waals surface area contributed by atoms with Crippen LogP contribution < -0.4 is 8.63 Å². The van der Waals surface area contributed by atoms with E-state index in [-0.39, 0.29) is 34.2 Å². The minimum absolute atomic E-state index is 0.000919. The smallest absolute Gasteiger partial charge is 0.338 e. The molecule has 0 radical (unpaired) electrons. The van der Waals surface area contributed by atoms with E-state index in [2.05, 4.69) is 11.8 Å². The van der Waals surface area contributed by atoms with E-state index >= 15 is 0 Å². The summed E-state index contributed by atoms with van der Waals surface area (Å²) in [5.41, 5.74) is 1.50. The molecule has 6 heteroatoms. The van der Waals surface area contributed by atoms with E-state index in [4.69, 9.17) is 16.3 Å². The summed E-state index contributed by atoms with van der Waals surface area (Å²) in [7, 11) is 0. The summed E-state index contributed by atoms with van der Waals surface area (Å²) >= 11 is 7.00. The van der Waals surface area contributed by atoms with Crippen LogP contribution in [-0.4, -0.2) is 24.4 Å². The maximum Gasteiger partial charge on any atom is 0.338 e. The molecule has 0 N–H and O–H groups in total. The van der Waals surface area contributed by atoms with Gasteiger partial charge in [-0.3, -0.25) is 0 Å². The number of benzene rings is 2. The van der Waals surface area contributed by atoms with Crippen molar-refractivity contribution in [1.29, 1.82) is 0 Å². The number of hydrogen-bond donors (Lipinski definition) is 0. The van der Waals surface area contributed by atoms with Gasteiger partial charge in [0.25, 0.3) is 0 Å². The number of rotatable bonds is 4. The third-order valence-electron chi connectivity index (χ3n) is 4.82. The number of hydrogen-bond acceptors (Lipinski definition) is 3. The largest absolute Gasteiger partial charge is 0.475 e. The quantitative estimate of drug-likeness (QED) is 0.283. The highest BCUT2D eigenvalue weighted by Crippen LogP contribution is 2.52.